The molecule has 0 aliphatic carbocycles. The third-order valence-electron chi connectivity index (χ3n) is 4.44. The Morgan fingerprint density at radius 2 is 2.20 bits per heavy atom. The fraction of sp³-hybridized carbons (Fsp3) is 0.500. The molecule has 0 N–H and O–H groups in total. The van der Waals surface area contributed by atoms with E-state index in [4.69, 9.17) is 4.74 Å². The Kier molecular flexibility index (Phi) is 6.47. The number of piperidine rings is 1. The lowest BCUT2D eigenvalue weighted by Gasteiger charge is -2.32. The molecule has 3 rings (SSSR count). The van der Waals surface area contributed by atoms with Crippen molar-refractivity contribution in [1.82, 2.24) is 19.4 Å². The molecule has 25 heavy (non-hydrogen) atoms. The second-order valence-corrected chi connectivity index (χ2v) is 7.17. The maximum Gasteiger partial charge on any atom is 0.232 e. The van der Waals surface area contributed by atoms with Gasteiger partial charge in [-0.2, -0.15) is 0 Å². The number of pyridine rings is 1. The van der Waals surface area contributed by atoms with Crippen molar-refractivity contribution < 1.29 is 9.53 Å². The Hall–Kier alpha value is -1.86. The van der Waals surface area contributed by atoms with Crippen LogP contribution in [0.1, 0.15) is 24.6 Å². The third kappa shape index (κ3) is 4.83. The van der Waals surface area contributed by atoms with Crippen molar-refractivity contribution in [1.29, 1.82) is 0 Å². The van der Waals surface area contributed by atoms with Gasteiger partial charge in [-0.25, -0.2) is 4.98 Å². The summed E-state index contributed by atoms with van der Waals surface area (Å²) in [5.74, 6) is 2.03. The van der Waals surface area contributed by atoms with E-state index in [0.717, 1.165) is 43.2 Å². The highest BCUT2D eigenvalue weighted by atomic mass is 32.2. The van der Waals surface area contributed by atoms with Gasteiger partial charge in [0.2, 0.25) is 5.91 Å². The molecule has 1 amide bonds. The Morgan fingerprint density at radius 1 is 1.36 bits per heavy atom. The first kappa shape index (κ1) is 17.9. The number of methoxy groups -OCH3 is 1. The van der Waals surface area contributed by atoms with Gasteiger partial charge in [-0.05, 0) is 25.0 Å². The van der Waals surface area contributed by atoms with E-state index in [1.165, 1.54) is 0 Å². The van der Waals surface area contributed by atoms with Crippen LogP contribution in [0, 0.1) is 0 Å². The lowest BCUT2D eigenvalue weighted by atomic mass is 9.97. The van der Waals surface area contributed by atoms with Gasteiger partial charge in [0.1, 0.15) is 5.82 Å². The van der Waals surface area contributed by atoms with Gasteiger partial charge in [0.05, 0.1) is 12.4 Å². The number of hydrogen-bond acceptors (Lipinski definition) is 5. The van der Waals surface area contributed by atoms with Crippen molar-refractivity contribution in [2.24, 2.45) is 0 Å². The Labute approximate surface area is 152 Å². The Balaban J connectivity index is 1.57. The fourth-order valence-corrected chi connectivity index (χ4v) is 3.93. The summed E-state index contributed by atoms with van der Waals surface area (Å²) in [6.07, 6.45) is 9.44. The Bertz CT molecular complexity index is 677. The molecule has 0 radical (unpaired) electrons. The number of aromatic nitrogens is 3. The number of rotatable bonds is 7. The lowest BCUT2D eigenvalue weighted by Crippen LogP contribution is -2.40. The number of amides is 1. The maximum atomic E-state index is 12.6. The molecule has 1 aliphatic rings. The highest BCUT2D eigenvalue weighted by molar-refractivity contribution is 8.00. The van der Waals surface area contributed by atoms with Crippen molar-refractivity contribution in [2.45, 2.75) is 30.2 Å². The monoisotopic (exact) mass is 360 g/mol. The van der Waals surface area contributed by atoms with Crippen LogP contribution in [0.5, 0.6) is 0 Å². The zero-order chi connectivity index (χ0) is 17.5. The summed E-state index contributed by atoms with van der Waals surface area (Å²) in [5.41, 5.74) is 0. The molecule has 1 fully saturated rings. The minimum atomic E-state index is 0.196. The van der Waals surface area contributed by atoms with Gasteiger partial charge >= 0.3 is 0 Å². The van der Waals surface area contributed by atoms with Gasteiger partial charge in [-0.1, -0.05) is 0 Å². The van der Waals surface area contributed by atoms with Crippen LogP contribution in [0.15, 0.2) is 41.8 Å². The molecule has 134 valence electrons. The number of imidazole rings is 1. The topological polar surface area (TPSA) is 60.2 Å². The molecular formula is C18H24N4O2S. The highest BCUT2D eigenvalue weighted by Gasteiger charge is 2.27. The van der Waals surface area contributed by atoms with Crippen LogP contribution in [0.2, 0.25) is 0 Å². The van der Waals surface area contributed by atoms with Crippen LogP contribution in [0.4, 0.5) is 0 Å². The van der Waals surface area contributed by atoms with Crippen LogP contribution in [-0.2, 0) is 16.1 Å². The number of nitrogens with zero attached hydrogens (tertiary/aromatic N) is 4. The van der Waals surface area contributed by atoms with Gasteiger partial charge < -0.3 is 14.2 Å². The second-order valence-electron chi connectivity index (χ2n) is 6.12. The molecule has 0 bridgehead atoms. The molecule has 1 atom stereocenters. The van der Waals surface area contributed by atoms with E-state index in [2.05, 4.69) is 14.5 Å². The average molecular weight is 360 g/mol. The Morgan fingerprint density at radius 3 is 3.00 bits per heavy atom. The van der Waals surface area contributed by atoms with Gasteiger partial charge in [0.15, 0.2) is 0 Å². The molecule has 2 aromatic rings. The quantitative estimate of drug-likeness (QED) is 0.710. The largest absolute Gasteiger partial charge is 0.383 e. The molecule has 1 aliphatic heterocycles. The summed E-state index contributed by atoms with van der Waals surface area (Å²) in [4.78, 5) is 24.2. The number of carbonyl (C=O) groups is 1. The number of carbonyl (C=O) groups excluding carboxylic acids is 1. The maximum absolute atomic E-state index is 12.6. The zero-order valence-electron chi connectivity index (χ0n) is 14.5. The van der Waals surface area contributed by atoms with Crippen LogP contribution >= 0.6 is 11.8 Å². The minimum absolute atomic E-state index is 0.196. The van der Waals surface area contributed by atoms with Crippen LogP contribution < -0.4 is 0 Å². The molecule has 3 heterocycles. The minimum Gasteiger partial charge on any atom is -0.383 e. The van der Waals surface area contributed by atoms with E-state index in [-0.39, 0.29) is 5.91 Å². The predicted molar refractivity (Wildman–Crippen MR) is 97.6 cm³/mol. The van der Waals surface area contributed by atoms with E-state index in [0.29, 0.717) is 18.3 Å². The first-order valence-electron chi connectivity index (χ1n) is 8.58. The number of thioether (sulfide) groups is 1. The summed E-state index contributed by atoms with van der Waals surface area (Å²) in [7, 11) is 1.71. The van der Waals surface area contributed by atoms with Gasteiger partial charge in [0.25, 0.3) is 0 Å². The van der Waals surface area contributed by atoms with Crippen molar-refractivity contribution in [3.63, 3.8) is 0 Å². The number of hydrogen-bond donors (Lipinski definition) is 0. The summed E-state index contributed by atoms with van der Waals surface area (Å²) in [5, 5.41) is 0. The molecule has 0 spiro atoms. The number of likely N-dealkylation sites (tertiary alicyclic amines) is 1. The standard InChI is InChI=1S/C18H24N4O2S/c1-24-12-11-21-10-8-20-18(21)15-3-2-9-22(13-15)17(23)14-25-16-4-6-19-7-5-16/h4-8,10,15H,2-3,9,11-14H2,1H3/t15-/m0/s1. The second kappa shape index (κ2) is 9.01. The SMILES string of the molecule is COCCn1ccnc1[C@H]1CCCN(C(=O)CSc2ccncc2)C1. The lowest BCUT2D eigenvalue weighted by molar-refractivity contribution is -0.129. The molecule has 7 heteroatoms. The zero-order valence-corrected chi connectivity index (χ0v) is 15.3. The first-order valence-corrected chi connectivity index (χ1v) is 9.57. The third-order valence-corrected chi connectivity index (χ3v) is 5.43. The van der Waals surface area contributed by atoms with Crippen LogP contribution in [0.25, 0.3) is 0 Å². The molecule has 6 nitrogen and oxygen atoms in total. The molecule has 2 aromatic heterocycles. The fourth-order valence-electron chi connectivity index (χ4n) is 3.14. The van der Waals surface area contributed by atoms with Gasteiger partial charge in [0, 0.05) is 62.3 Å². The average Bonchev–Trinajstić information content (AvgIpc) is 3.14. The van der Waals surface area contributed by atoms with E-state index in [1.54, 1.807) is 31.3 Å². The van der Waals surface area contributed by atoms with E-state index < -0.39 is 0 Å². The van der Waals surface area contributed by atoms with E-state index in [1.807, 2.05) is 29.4 Å². The van der Waals surface area contributed by atoms with Crippen LogP contribution in [-0.4, -0.2) is 57.9 Å². The van der Waals surface area contributed by atoms with Crippen LogP contribution in [0.3, 0.4) is 0 Å². The van der Waals surface area contributed by atoms with Crippen molar-refractivity contribution in [3.05, 3.63) is 42.7 Å². The van der Waals surface area contributed by atoms with Crippen molar-refractivity contribution in [2.75, 3.05) is 32.6 Å². The summed E-state index contributed by atoms with van der Waals surface area (Å²) < 4.78 is 7.32. The van der Waals surface area contributed by atoms with Gasteiger partial charge in [-0.3, -0.25) is 9.78 Å². The smallest absolute Gasteiger partial charge is 0.232 e. The molecule has 1 saturated heterocycles. The van der Waals surface area contributed by atoms with Crippen molar-refractivity contribution >= 4 is 17.7 Å². The summed E-state index contributed by atoms with van der Waals surface area (Å²) >= 11 is 1.57. The normalized spacial score (nSPS) is 17.6. The summed E-state index contributed by atoms with van der Waals surface area (Å²) in [6.45, 7) is 3.06. The molecule has 0 saturated carbocycles. The predicted octanol–water partition coefficient (Wildman–Crippen LogP) is 2.42. The number of ether oxygens (including phenoxy) is 1. The molecule has 0 aromatic carbocycles. The highest BCUT2D eigenvalue weighted by Crippen LogP contribution is 2.27. The van der Waals surface area contributed by atoms with Gasteiger partial charge in [-0.15, -0.1) is 11.8 Å². The molecule has 0 unspecified atom stereocenters. The molecular weight excluding hydrogens is 336 g/mol. The van der Waals surface area contributed by atoms with Crippen molar-refractivity contribution in [3.8, 4) is 0 Å². The van der Waals surface area contributed by atoms with E-state index >= 15 is 0 Å². The first-order chi connectivity index (χ1) is 12.3. The summed E-state index contributed by atoms with van der Waals surface area (Å²) in [6, 6.07) is 3.87. The van der Waals surface area contributed by atoms with E-state index in [9.17, 15) is 4.79 Å².